The van der Waals surface area contributed by atoms with Crippen molar-refractivity contribution < 1.29 is 24.2 Å². The number of Topliss-reactive ketones (excluding diaryl/α,β-unsaturated/α-hetero) is 1. The highest BCUT2D eigenvalue weighted by atomic mass is 16.5. The summed E-state index contributed by atoms with van der Waals surface area (Å²) in [4.78, 5) is 30.8. The van der Waals surface area contributed by atoms with Gasteiger partial charge in [-0.2, -0.15) is 0 Å². The number of amides is 1. The van der Waals surface area contributed by atoms with E-state index in [9.17, 15) is 14.7 Å². The molecule has 7 nitrogen and oxygen atoms in total. The minimum Gasteiger partial charge on any atom is -0.507 e. The van der Waals surface area contributed by atoms with Crippen LogP contribution in [0.3, 0.4) is 0 Å². The number of carbonyl (C=O) groups is 2. The predicted molar refractivity (Wildman–Crippen MR) is 150 cm³/mol. The fourth-order valence-corrected chi connectivity index (χ4v) is 5.16. The Bertz CT molecular complexity index is 1370. The summed E-state index contributed by atoms with van der Waals surface area (Å²) in [5.41, 5.74) is 4.35. The number of aliphatic hydroxyl groups excluding tert-OH is 1. The van der Waals surface area contributed by atoms with Crippen LogP contribution in [0, 0.1) is 13.8 Å². The summed E-state index contributed by atoms with van der Waals surface area (Å²) in [5, 5.41) is 11.6. The molecule has 1 N–H and O–H groups in total. The molecule has 0 aromatic heterocycles. The molecule has 3 aromatic carbocycles. The second-order valence-electron chi connectivity index (χ2n) is 9.29. The van der Waals surface area contributed by atoms with Gasteiger partial charge in [0.2, 0.25) is 0 Å². The van der Waals surface area contributed by atoms with Crippen molar-refractivity contribution in [3.63, 3.8) is 0 Å². The maximum absolute atomic E-state index is 13.6. The fourth-order valence-electron chi connectivity index (χ4n) is 5.16. The van der Waals surface area contributed by atoms with Gasteiger partial charge in [0.25, 0.3) is 11.7 Å². The Balaban J connectivity index is 1.93. The number of hydrogen-bond donors (Lipinski definition) is 1. The largest absolute Gasteiger partial charge is 0.507 e. The fraction of sp³-hybridized carbons (Fsp3) is 0.290. The number of benzene rings is 3. The van der Waals surface area contributed by atoms with Gasteiger partial charge in [-0.25, -0.2) is 0 Å². The Kier molecular flexibility index (Phi) is 7.76. The first-order valence-corrected chi connectivity index (χ1v) is 12.7. The van der Waals surface area contributed by atoms with Crippen LogP contribution in [0.5, 0.6) is 11.5 Å². The van der Waals surface area contributed by atoms with Gasteiger partial charge in [-0.15, -0.1) is 0 Å². The summed E-state index contributed by atoms with van der Waals surface area (Å²) in [6.07, 6.45) is 0. The normalized spacial score (nSPS) is 16.6. The number of methoxy groups -OCH3 is 2. The highest BCUT2D eigenvalue weighted by molar-refractivity contribution is 6.51. The molecule has 1 saturated heterocycles. The molecule has 1 aliphatic heterocycles. The zero-order valence-corrected chi connectivity index (χ0v) is 22.7. The zero-order valence-electron chi connectivity index (χ0n) is 22.7. The average molecular weight is 515 g/mol. The number of ketones is 1. The minimum atomic E-state index is -0.842. The molecule has 7 heteroatoms. The summed E-state index contributed by atoms with van der Waals surface area (Å²) >= 11 is 0. The van der Waals surface area contributed by atoms with Crippen molar-refractivity contribution in [3.8, 4) is 11.5 Å². The summed E-state index contributed by atoms with van der Waals surface area (Å²) in [6, 6.07) is 17.6. The Morgan fingerprint density at radius 3 is 2.11 bits per heavy atom. The Labute approximate surface area is 223 Å². The van der Waals surface area contributed by atoms with Gasteiger partial charge in [0, 0.05) is 24.5 Å². The van der Waals surface area contributed by atoms with Crippen LogP contribution in [-0.2, 0) is 9.59 Å². The van der Waals surface area contributed by atoms with Crippen LogP contribution in [0.2, 0.25) is 0 Å². The number of hydrogen-bond acceptors (Lipinski definition) is 6. The predicted octanol–water partition coefficient (Wildman–Crippen LogP) is 5.79. The van der Waals surface area contributed by atoms with Crippen molar-refractivity contribution in [1.29, 1.82) is 0 Å². The van der Waals surface area contributed by atoms with Crippen LogP contribution in [0.1, 0.15) is 42.1 Å². The van der Waals surface area contributed by atoms with Crippen LogP contribution in [-0.4, -0.2) is 44.1 Å². The van der Waals surface area contributed by atoms with Crippen LogP contribution < -0.4 is 19.3 Å². The lowest BCUT2D eigenvalue weighted by Gasteiger charge is -2.27. The van der Waals surface area contributed by atoms with E-state index < -0.39 is 17.7 Å². The van der Waals surface area contributed by atoms with Crippen LogP contribution in [0.15, 0.2) is 66.2 Å². The molecule has 1 aliphatic rings. The topological polar surface area (TPSA) is 79.3 Å². The average Bonchev–Trinajstić information content (AvgIpc) is 3.19. The van der Waals surface area contributed by atoms with Gasteiger partial charge in [0.15, 0.2) is 0 Å². The lowest BCUT2D eigenvalue weighted by atomic mass is 9.93. The van der Waals surface area contributed by atoms with E-state index in [1.807, 2.05) is 44.2 Å². The lowest BCUT2D eigenvalue weighted by molar-refractivity contribution is -0.132. The third-order valence-electron chi connectivity index (χ3n) is 7.01. The number of nitrogens with zero attached hydrogens (tertiary/aromatic N) is 2. The van der Waals surface area contributed by atoms with E-state index in [1.54, 1.807) is 37.4 Å². The molecule has 0 spiro atoms. The molecule has 198 valence electrons. The van der Waals surface area contributed by atoms with Crippen molar-refractivity contribution in [1.82, 2.24) is 0 Å². The molecule has 1 unspecified atom stereocenters. The zero-order chi connectivity index (χ0) is 27.6. The van der Waals surface area contributed by atoms with E-state index in [0.717, 1.165) is 29.9 Å². The highest BCUT2D eigenvalue weighted by Crippen LogP contribution is 2.44. The van der Waals surface area contributed by atoms with Gasteiger partial charge < -0.3 is 19.5 Å². The van der Waals surface area contributed by atoms with Crippen LogP contribution >= 0.6 is 0 Å². The number of aliphatic hydroxyl groups is 1. The summed E-state index contributed by atoms with van der Waals surface area (Å²) in [7, 11) is 3.09. The molecule has 0 radical (unpaired) electrons. The standard InChI is InChI=1S/C31H34N2O5/c1-7-32(8-2)22-11-13-23(14-12-22)33-27(21-9-15-24(37-5)16-10-21)26(29(35)31(33)36)28(34)25-18-19(3)17-20(4)30(25)38-6/h9-18,27,34H,7-8H2,1-6H3/b28-26+. The summed E-state index contributed by atoms with van der Waals surface area (Å²) < 4.78 is 10.9. The molecular formula is C31H34N2O5. The van der Waals surface area contributed by atoms with Crippen molar-refractivity contribution >= 4 is 28.8 Å². The quantitative estimate of drug-likeness (QED) is 0.233. The smallest absolute Gasteiger partial charge is 0.300 e. The monoisotopic (exact) mass is 514 g/mol. The molecule has 1 heterocycles. The first-order valence-electron chi connectivity index (χ1n) is 12.7. The molecular weight excluding hydrogens is 480 g/mol. The van der Waals surface area contributed by atoms with Crippen molar-refractivity contribution in [3.05, 3.63) is 88.5 Å². The molecule has 38 heavy (non-hydrogen) atoms. The van der Waals surface area contributed by atoms with Crippen molar-refractivity contribution in [2.24, 2.45) is 0 Å². The van der Waals surface area contributed by atoms with Gasteiger partial charge in [0.1, 0.15) is 17.3 Å². The van der Waals surface area contributed by atoms with E-state index in [-0.39, 0.29) is 11.3 Å². The lowest BCUT2D eigenvalue weighted by Crippen LogP contribution is -2.29. The van der Waals surface area contributed by atoms with Gasteiger partial charge in [-0.1, -0.05) is 18.2 Å². The molecule has 0 aliphatic carbocycles. The molecule has 4 rings (SSSR count). The van der Waals surface area contributed by atoms with E-state index >= 15 is 0 Å². The molecule has 1 atom stereocenters. The van der Waals surface area contributed by atoms with E-state index in [2.05, 4.69) is 18.7 Å². The Morgan fingerprint density at radius 2 is 1.55 bits per heavy atom. The maximum Gasteiger partial charge on any atom is 0.300 e. The summed E-state index contributed by atoms with van der Waals surface area (Å²) in [5.74, 6) is -0.625. The third-order valence-corrected chi connectivity index (χ3v) is 7.01. The summed E-state index contributed by atoms with van der Waals surface area (Å²) in [6.45, 7) is 9.65. The molecule has 3 aromatic rings. The number of anilines is 2. The molecule has 1 amide bonds. The molecule has 1 fully saturated rings. The van der Waals surface area contributed by atoms with Gasteiger partial charge in [-0.3, -0.25) is 14.5 Å². The maximum atomic E-state index is 13.6. The Hall–Kier alpha value is -4.26. The van der Waals surface area contributed by atoms with Gasteiger partial charge in [-0.05, 0) is 86.8 Å². The first kappa shape index (κ1) is 26.8. The Morgan fingerprint density at radius 1 is 0.921 bits per heavy atom. The van der Waals surface area contributed by atoms with Crippen molar-refractivity contribution in [2.45, 2.75) is 33.7 Å². The van der Waals surface area contributed by atoms with Crippen LogP contribution in [0.25, 0.3) is 5.76 Å². The number of carbonyl (C=O) groups excluding carboxylic acids is 2. The van der Waals surface area contributed by atoms with E-state index in [1.165, 1.54) is 12.0 Å². The third kappa shape index (κ3) is 4.72. The van der Waals surface area contributed by atoms with Crippen molar-refractivity contribution in [2.75, 3.05) is 37.1 Å². The number of rotatable bonds is 8. The molecule has 0 saturated carbocycles. The number of ether oxygens (including phenoxy) is 2. The molecule has 0 bridgehead atoms. The first-order chi connectivity index (χ1) is 18.2. The second-order valence-corrected chi connectivity index (χ2v) is 9.29. The second kappa shape index (κ2) is 11.0. The minimum absolute atomic E-state index is 0.0105. The van der Waals surface area contributed by atoms with E-state index in [4.69, 9.17) is 9.47 Å². The van der Waals surface area contributed by atoms with Gasteiger partial charge >= 0.3 is 0 Å². The number of aryl methyl sites for hydroxylation is 2. The van der Waals surface area contributed by atoms with Crippen LogP contribution in [0.4, 0.5) is 11.4 Å². The SMILES string of the molecule is CCN(CC)c1ccc(N2C(=O)C(=O)/C(=C(/O)c3cc(C)cc(C)c3OC)C2c2ccc(OC)cc2)cc1. The van der Waals surface area contributed by atoms with E-state index in [0.29, 0.717) is 28.3 Å². The van der Waals surface area contributed by atoms with Gasteiger partial charge in [0.05, 0.1) is 31.4 Å². The highest BCUT2D eigenvalue weighted by Gasteiger charge is 2.47.